The Labute approximate surface area is 140 Å². The molecule has 2 aromatic rings. The highest BCUT2D eigenvalue weighted by Gasteiger charge is 2.30. The van der Waals surface area contributed by atoms with Gasteiger partial charge in [-0.05, 0) is 30.4 Å². The van der Waals surface area contributed by atoms with Crippen LogP contribution in [0.5, 0.6) is 0 Å². The van der Waals surface area contributed by atoms with Crippen LogP contribution in [0.15, 0.2) is 30.5 Å². The number of fused-ring (bicyclic) bond motifs is 1. The summed E-state index contributed by atoms with van der Waals surface area (Å²) in [6.45, 7) is 2.33. The highest BCUT2D eigenvalue weighted by Crippen LogP contribution is 2.35. The van der Waals surface area contributed by atoms with Gasteiger partial charge in [0.1, 0.15) is 0 Å². The van der Waals surface area contributed by atoms with E-state index in [1.54, 1.807) is 11.1 Å². The van der Waals surface area contributed by atoms with Crippen LogP contribution in [-0.4, -0.2) is 34.2 Å². The van der Waals surface area contributed by atoms with Crippen molar-refractivity contribution in [2.24, 2.45) is 0 Å². The zero-order valence-corrected chi connectivity index (χ0v) is 14.0. The van der Waals surface area contributed by atoms with E-state index >= 15 is 0 Å². The van der Waals surface area contributed by atoms with Crippen molar-refractivity contribution in [1.29, 1.82) is 0 Å². The minimum absolute atomic E-state index is 0.0176. The number of aromatic nitrogens is 1. The van der Waals surface area contributed by atoms with Crippen LogP contribution in [0.4, 0.5) is 9.93 Å². The first-order valence-corrected chi connectivity index (χ1v) is 8.75. The van der Waals surface area contributed by atoms with Crippen molar-refractivity contribution >= 4 is 22.5 Å². The van der Waals surface area contributed by atoms with Gasteiger partial charge in [0.05, 0.1) is 12.6 Å². The molecule has 0 fully saturated rings. The summed E-state index contributed by atoms with van der Waals surface area (Å²) in [6.07, 6.45) is 4.56. The largest absolute Gasteiger partial charge is 0.395 e. The van der Waals surface area contributed by atoms with Gasteiger partial charge in [-0.2, -0.15) is 0 Å². The number of anilines is 1. The molecule has 0 saturated heterocycles. The number of aryl methyl sites for hydroxylation is 2. The van der Waals surface area contributed by atoms with Crippen LogP contribution in [0.2, 0.25) is 0 Å². The standard InChI is InChI=1S/C17H21N3O2S/c1-2-13-11-18-16(23-13)19-17(22)20(9-10-21)15-8-7-12-5-3-4-6-14(12)15/h3-6,11,15,21H,2,7-10H2,1H3,(H,18,19,22). The molecule has 3 rings (SSSR count). The van der Waals surface area contributed by atoms with Crippen LogP contribution in [-0.2, 0) is 12.8 Å². The molecule has 1 unspecified atom stereocenters. The molecule has 1 atom stereocenters. The average molecular weight is 331 g/mol. The minimum Gasteiger partial charge on any atom is -0.395 e. The summed E-state index contributed by atoms with van der Waals surface area (Å²) in [4.78, 5) is 19.8. The van der Waals surface area contributed by atoms with E-state index in [0.29, 0.717) is 11.7 Å². The summed E-state index contributed by atoms with van der Waals surface area (Å²) in [5, 5.41) is 12.9. The fourth-order valence-corrected chi connectivity index (χ4v) is 3.80. The monoisotopic (exact) mass is 331 g/mol. The van der Waals surface area contributed by atoms with Crippen molar-refractivity contribution in [2.75, 3.05) is 18.5 Å². The lowest BCUT2D eigenvalue weighted by Crippen LogP contribution is -2.39. The Morgan fingerprint density at radius 3 is 3.04 bits per heavy atom. The molecule has 6 heteroatoms. The average Bonchev–Trinajstić information content (AvgIpc) is 3.19. The molecule has 1 aromatic carbocycles. The summed E-state index contributed by atoms with van der Waals surface area (Å²) >= 11 is 1.49. The number of nitrogens with one attached hydrogen (secondary N) is 1. The molecule has 0 radical (unpaired) electrons. The summed E-state index contributed by atoms with van der Waals surface area (Å²) < 4.78 is 0. The molecule has 1 heterocycles. The summed E-state index contributed by atoms with van der Waals surface area (Å²) in [5.41, 5.74) is 2.47. The second-order valence-electron chi connectivity index (χ2n) is 5.59. The number of thiazole rings is 1. The van der Waals surface area contributed by atoms with E-state index in [1.807, 2.05) is 12.1 Å². The minimum atomic E-state index is -0.197. The Hall–Kier alpha value is -1.92. The van der Waals surface area contributed by atoms with Gasteiger partial charge < -0.3 is 10.0 Å². The quantitative estimate of drug-likeness (QED) is 0.884. The first-order chi connectivity index (χ1) is 11.2. The normalized spacial score (nSPS) is 16.2. The van der Waals surface area contributed by atoms with Crippen LogP contribution in [0.3, 0.4) is 0 Å². The number of hydrogen-bond acceptors (Lipinski definition) is 4. The zero-order chi connectivity index (χ0) is 16.2. The number of urea groups is 1. The predicted molar refractivity (Wildman–Crippen MR) is 91.8 cm³/mol. The number of rotatable bonds is 5. The number of amides is 2. The van der Waals surface area contributed by atoms with E-state index in [9.17, 15) is 9.90 Å². The molecule has 122 valence electrons. The smallest absolute Gasteiger partial charge is 0.324 e. The van der Waals surface area contributed by atoms with E-state index < -0.39 is 0 Å². The number of benzene rings is 1. The van der Waals surface area contributed by atoms with Crippen molar-refractivity contribution in [3.8, 4) is 0 Å². The topological polar surface area (TPSA) is 65.5 Å². The highest BCUT2D eigenvalue weighted by molar-refractivity contribution is 7.15. The van der Waals surface area contributed by atoms with Gasteiger partial charge in [0, 0.05) is 17.6 Å². The molecule has 1 aliphatic carbocycles. The van der Waals surface area contributed by atoms with Crippen LogP contribution < -0.4 is 5.32 Å². The van der Waals surface area contributed by atoms with Crippen LogP contribution in [0, 0.1) is 0 Å². The third-order valence-electron chi connectivity index (χ3n) is 4.20. The van der Waals surface area contributed by atoms with Crippen LogP contribution in [0.1, 0.15) is 35.4 Å². The van der Waals surface area contributed by atoms with Gasteiger partial charge in [-0.25, -0.2) is 9.78 Å². The molecule has 0 aliphatic heterocycles. The van der Waals surface area contributed by atoms with E-state index in [0.717, 1.165) is 24.1 Å². The number of aliphatic hydroxyl groups excluding tert-OH is 1. The molecule has 1 aliphatic rings. The van der Waals surface area contributed by atoms with Crippen LogP contribution >= 0.6 is 11.3 Å². The van der Waals surface area contributed by atoms with Crippen molar-refractivity contribution in [2.45, 2.75) is 32.2 Å². The lowest BCUT2D eigenvalue weighted by molar-refractivity contribution is 0.162. The number of carbonyl (C=O) groups is 1. The highest BCUT2D eigenvalue weighted by atomic mass is 32.1. The van der Waals surface area contributed by atoms with Crippen molar-refractivity contribution < 1.29 is 9.90 Å². The molecule has 0 bridgehead atoms. The van der Waals surface area contributed by atoms with Crippen molar-refractivity contribution in [3.05, 3.63) is 46.5 Å². The molecule has 0 saturated carbocycles. The molecule has 2 amide bonds. The molecular formula is C17H21N3O2S. The van der Waals surface area contributed by atoms with Crippen molar-refractivity contribution in [1.82, 2.24) is 9.88 Å². The number of nitrogens with zero attached hydrogens (tertiary/aromatic N) is 2. The fraction of sp³-hybridized carbons (Fsp3) is 0.412. The van der Waals surface area contributed by atoms with Crippen molar-refractivity contribution in [3.63, 3.8) is 0 Å². The van der Waals surface area contributed by atoms with Gasteiger partial charge in [0.2, 0.25) is 0 Å². The molecule has 23 heavy (non-hydrogen) atoms. The Bertz CT molecular complexity index is 686. The molecule has 5 nitrogen and oxygen atoms in total. The van der Waals surface area contributed by atoms with E-state index in [4.69, 9.17) is 0 Å². The third kappa shape index (κ3) is 3.38. The predicted octanol–water partition coefficient (Wildman–Crippen LogP) is 3.22. The lowest BCUT2D eigenvalue weighted by atomic mass is 10.1. The molecule has 2 N–H and O–H groups in total. The van der Waals surface area contributed by atoms with Gasteiger partial charge in [-0.15, -0.1) is 11.3 Å². The first kappa shape index (κ1) is 16.0. The molecule has 0 spiro atoms. The van der Waals surface area contributed by atoms with E-state index in [-0.39, 0.29) is 18.7 Å². The Kier molecular flexibility index (Phi) is 4.93. The lowest BCUT2D eigenvalue weighted by Gasteiger charge is -2.29. The van der Waals surface area contributed by atoms with E-state index in [1.165, 1.54) is 22.5 Å². The maximum absolute atomic E-state index is 12.7. The van der Waals surface area contributed by atoms with E-state index in [2.05, 4.69) is 29.4 Å². The molecular weight excluding hydrogens is 310 g/mol. The number of aliphatic hydroxyl groups is 1. The third-order valence-corrected chi connectivity index (χ3v) is 5.25. The molecule has 1 aromatic heterocycles. The number of carbonyl (C=O) groups excluding carboxylic acids is 1. The van der Waals surface area contributed by atoms with Gasteiger partial charge in [-0.1, -0.05) is 31.2 Å². The fourth-order valence-electron chi connectivity index (χ4n) is 3.06. The first-order valence-electron chi connectivity index (χ1n) is 7.94. The summed E-state index contributed by atoms with van der Waals surface area (Å²) in [6, 6.07) is 8.03. The number of hydrogen-bond donors (Lipinski definition) is 2. The SMILES string of the molecule is CCc1cnc(NC(=O)N(CCO)C2CCc3ccccc32)s1. The Balaban J connectivity index is 1.77. The van der Waals surface area contributed by atoms with Crippen LogP contribution in [0.25, 0.3) is 0 Å². The maximum atomic E-state index is 12.7. The summed E-state index contributed by atoms with van der Waals surface area (Å²) in [5.74, 6) is 0. The zero-order valence-electron chi connectivity index (χ0n) is 13.2. The Morgan fingerprint density at radius 1 is 1.48 bits per heavy atom. The Morgan fingerprint density at radius 2 is 2.30 bits per heavy atom. The second kappa shape index (κ2) is 7.10. The maximum Gasteiger partial charge on any atom is 0.324 e. The van der Waals surface area contributed by atoms with Gasteiger partial charge in [-0.3, -0.25) is 5.32 Å². The van der Waals surface area contributed by atoms with Gasteiger partial charge >= 0.3 is 6.03 Å². The van der Waals surface area contributed by atoms with Gasteiger partial charge in [0.25, 0.3) is 0 Å². The summed E-state index contributed by atoms with van der Waals surface area (Å²) in [7, 11) is 0. The van der Waals surface area contributed by atoms with Gasteiger partial charge in [0.15, 0.2) is 5.13 Å². The second-order valence-corrected chi connectivity index (χ2v) is 6.70.